The number of ether oxygens (including phenoxy) is 2. The Labute approximate surface area is 152 Å². The van der Waals surface area contributed by atoms with E-state index in [0.29, 0.717) is 12.3 Å². The van der Waals surface area contributed by atoms with E-state index in [1.54, 1.807) is 7.05 Å². The van der Waals surface area contributed by atoms with Gasteiger partial charge < -0.3 is 14.4 Å². The topological polar surface area (TPSA) is 38.8 Å². The van der Waals surface area contributed by atoms with Gasteiger partial charge >= 0.3 is 6.09 Å². The van der Waals surface area contributed by atoms with Gasteiger partial charge in [0.25, 0.3) is 0 Å². The van der Waals surface area contributed by atoms with Gasteiger partial charge in [-0.3, -0.25) is 0 Å². The molecule has 1 saturated carbocycles. The van der Waals surface area contributed by atoms with Gasteiger partial charge in [0.2, 0.25) is 0 Å². The van der Waals surface area contributed by atoms with Gasteiger partial charge in [0.1, 0.15) is 30.4 Å². The molecule has 4 nitrogen and oxygen atoms in total. The number of benzene rings is 1. The van der Waals surface area contributed by atoms with Crippen molar-refractivity contribution in [2.75, 3.05) is 26.9 Å². The lowest BCUT2D eigenvalue weighted by Crippen LogP contribution is -2.35. The van der Waals surface area contributed by atoms with Crippen LogP contribution in [-0.4, -0.2) is 43.5 Å². The lowest BCUT2D eigenvalue weighted by molar-refractivity contribution is 0.0290. The highest BCUT2D eigenvalue weighted by Crippen LogP contribution is 2.51. The van der Waals surface area contributed by atoms with Gasteiger partial charge in [-0.05, 0) is 50.7 Å². The summed E-state index contributed by atoms with van der Waals surface area (Å²) in [5.41, 5.74) is 0.203. The molecule has 1 aliphatic rings. The third-order valence-electron chi connectivity index (χ3n) is 3.92. The highest BCUT2D eigenvalue weighted by molar-refractivity contribution is 6.30. The summed E-state index contributed by atoms with van der Waals surface area (Å²) in [6.07, 6.45) is 0.436. The molecule has 0 aromatic heterocycles. The number of halogens is 3. The van der Waals surface area contributed by atoms with Gasteiger partial charge in [-0.25, -0.2) is 13.6 Å². The summed E-state index contributed by atoms with van der Waals surface area (Å²) in [5, 5.41) is 0.00810. The van der Waals surface area contributed by atoms with Crippen LogP contribution in [0.5, 0.6) is 5.75 Å². The number of amides is 1. The van der Waals surface area contributed by atoms with Crippen molar-refractivity contribution in [1.82, 2.24) is 4.90 Å². The summed E-state index contributed by atoms with van der Waals surface area (Å²) >= 11 is 5.88. The van der Waals surface area contributed by atoms with Crippen LogP contribution < -0.4 is 4.74 Å². The molecule has 2 atom stereocenters. The molecule has 0 N–H and O–H groups in total. The van der Waals surface area contributed by atoms with E-state index >= 15 is 0 Å². The maximum absolute atomic E-state index is 13.7. The Hall–Kier alpha value is -1.56. The van der Waals surface area contributed by atoms with Crippen LogP contribution in [0.15, 0.2) is 12.1 Å². The van der Waals surface area contributed by atoms with Gasteiger partial charge in [-0.2, -0.15) is 0 Å². The number of rotatable bonds is 6. The average molecular weight is 376 g/mol. The fraction of sp³-hybridized carbons (Fsp3) is 0.611. The molecule has 25 heavy (non-hydrogen) atoms. The average Bonchev–Trinajstić information content (AvgIpc) is 3.25. The van der Waals surface area contributed by atoms with Crippen molar-refractivity contribution in [2.45, 2.75) is 38.7 Å². The molecule has 140 valence electrons. The molecule has 1 fully saturated rings. The Morgan fingerprint density at radius 1 is 1.40 bits per heavy atom. The monoisotopic (exact) mass is 375 g/mol. The van der Waals surface area contributed by atoms with Crippen molar-refractivity contribution in [3.8, 4) is 5.75 Å². The smallest absolute Gasteiger partial charge is 0.410 e. The van der Waals surface area contributed by atoms with E-state index in [1.165, 1.54) is 17.0 Å². The van der Waals surface area contributed by atoms with E-state index in [9.17, 15) is 13.6 Å². The molecule has 2 unspecified atom stereocenters. The molecule has 2 rings (SSSR count). The minimum atomic E-state index is -0.654. The van der Waals surface area contributed by atoms with Gasteiger partial charge in [0.15, 0.2) is 0 Å². The largest absolute Gasteiger partial charge is 0.490 e. The Morgan fingerprint density at radius 3 is 2.68 bits per heavy atom. The molecule has 0 bridgehead atoms. The predicted molar refractivity (Wildman–Crippen MR) is 92.6 cm³/mol. The van der Waals surface area contributed by atoms with Crippen molar-refractivity contribution >= 4 is 17.7 Å². The summed E-state index contributed by atoms with van der Waals surface area (Å²) in [4.78, 5) is 13.6. The van der Waals surface area contributed by atoms with Crippen LogP contribution in [0.1, 0.15) is 38.7 Å². The first-order valence-corrected chi connectivity index (χ1v) is 8.62. The van der Waals surface area contributed by atoms with Crippen molar-refractivity contribution in [1.29, 1.82) is 0 Å². The number of carbonyl (C=O) groups excluding carboxylic acids is 1. The quantitative estimate of drug-likeness (QED) is 0.717. The highest BCUT2D eigenvalue weighted by Gasteiger charge is 2.42. The number of hydrogen-bond donors (Lipinski definition) is 0. The maximum Gasteiger partial charge on any atom is 0.410 e. The fourth-order valence-corrected chi connectivity index (χ4v) is 2.88. The SMILES string of the molecule is CN(CC1CC1c1cc(Cl)c(F)cc1OCCF)C(=O)OC(C)(C)C. The Kier molecular flexibility index (Phi) is 6.14. The van der Waals surface area contributed by atoms with Crippen LogP contribution in [0.3, 0.4) is 0 Å². The zero-order chi connectivity index (χ0) is 18.8. The van der Waals surface area contributed by atoms with E-state index in [1.807, 2.05) is 20.8 Å². The van der Waals surface area contributed by atoms with Crippen LogP contribution in [0.25, 0.3) is 0 Å². The van der Waals surface area contributed by atoms with Crippen LogP contribution in [0, 0.1) is 11.7 Å². The van der Waals surface area contributed by atoms with Crippen LogP contribution in [0.4, 0.5) is 13.6 Å². The summed E-state index contributed by atoms with van der Waals surface area (Å²) in [6.45, 7) is 5.16. The number of hydrogen-bond acceptors (Lipinski definition) is 3. The molecular weight excluding hydrogens is 352 g/mol. The Bertz CT molecular complexity index is 633. The fourth-order valence-electron chi connectivity index (χ4n) is 2.70. The van der Waals surface area contributed by atoms with Crippen molar-refractivity contribution in [2.24, 2.45) is 5.92 Å². The van der Waals surface area contributed by atoms with Crippen LogP contribution >= 0.6 is 11.6 Å². The summed E-state index contributed by atoms with van der Waals surface area (Å²) in [7, 11) is 1.68. The first-order chi connectivity index (χ1) is 11.6. The molecule has 0 spiro atoms. The van der Waals surface area contributed by atoms with Crippen LogP contribution in [0.2, 0.25) is 5.02 Å². The lowest BCUT2D eigenvalue weighted by atomic mass is 10.1. The van der Waals surface area contributed by atoms with E-state index in [0.717, 1.165) is 12.0 Å². The van der Waals surface area contributed by atoms with Crippen LogP contribution in [-0.2, 0) is 4.74 Å². The summed E-state index contributed by atoms with van der Waals surface area (Å²) in [6, 6.07) is 2.73. The molecule has 0 aliphatic heterocycles. The molecule has 1 aromatic carbocycles. The first kappa shape index (κ1) is 19.8. The van der Waals surface area contributed by atoms with Crippen molar-refractivity contribution in [3.05, 3.63) is 28.5 Å². The third-order valence-corrected chi connectivity index (χ3v) is 4.21. The third kappa shape index (κ3) is 5.46. The number of nitrogens with zero attached hydrogens (tertiary/aromatic N) is 1. The van der Waals surface area contributed by atoms with Crippen molar-refractivity contribution < 1.29 is 23.0 Å². The normalized spacial score (nSPS) is 19.5. The maximum atomic E-state index is 13.7. The highest BCUT2D eigenvalue weighted by atomic mass is 35.5. The Morgan fingerprint density at radius 2 is 2.08 bits per heavy atom. The second-order valence-corrected chi connectivity index (χ2v) is 7.71. The molecule has 0 saturated heterocycles. The zero-order valence-electron chi connectivity index (χ0n) is 14.9. The molecule has 1 aromatic rings. The molecular formula is C18H24ClF2NO3. The van der Waals surface area contributed by atoms with Crippen molar-refractivity contribution in [3.63, 3.8) is 0 Å². The van der Waals surface area contributed by atoms with E-state index in [-0.39, 0.29) is 29.6 Å². The number of carbonyl (C=O) groups is 1. The molecule has 7 heteroatoms. The summed E-state index contributed by atoms with van der Waals surface area (Å²) in [5.74, 6) is 0.0127. The molecule has 0 heterocycles. The summed E-state index contributed by atoms with van der Waals surface area (Å²) < 4.78 is 36.7. The van der Waals surface area contributed by atoms with E-state index < -0.39 is 18.1 Å². The van der Waals surface area contributed by atoms with E-state index in [2.05, 4.69) is 0 Å². The van der Waals surface area contributed by atoms with Gasteiger partial charge in [-0.1, -0.05) is 11.6 Å². The van der Waals surface area contributed by atoms with E-state index in [4.69, 9.17) is 21.1 Å². The molecule has 0 radical (unpaired) electrons. The standard InChI is InChI=1S/C18H24ClF2NO3/c1-18(2,3)25-17(23)22(4)10-11-7-12(11)13-8-14(19)15(21)9-16(13)24-6-5-20/h8-9,11-12H,5-7,10H2,1-4H3. The minimum Gasteiger partial charge on any atom is -0.490 e. The zero-order valence-corrected chi connectivity index (χ0v) is 15.7. The predicted octanol–water partition coefficient (Wildman–Crippen LogP) is 4.80. The second kappa shape index (κ2) is 7.77. The molecule has 1 amide bonds. The second-order valence-electron chi connectivity index (χ2n) is 7.30. The Balaban J connectivity index is 2.03. The number of alkyl halides is 1. The lowest BCUT2D eigenvalue weighted by Gasteiger charge is -2.24. The minimum absolute atomic E-state index is 0.00810. The van der Waals surface area contributed by atoms with Gasteiger partial charge in [-0.15, -0.1) is 0 Å². The van der Waals surface area contributed by atoms with Gasteiger partial charge in [0, 0.05) is 19.7 Å². The molecule has 1 aliphatic carbocycles. The first-order valence-electron chi connectivity index (χ1n) is 8.24. The van der Waals surface area contributed by atoms with Gasteiger partial charge in [0.05, 0.1) is 5.02 Å².